The molecule has 3 rings (SSSR count). The molecule has 1 aromatic carbocycles. The zero-order valence-electron chi connectivity index (χ0n) is 11.8. The molecule has 0 saturated heterocycles. The summed E-state index contributed by atoms with van der Waals surface area (Å²) >= 11 is 0. The lowest BCUT2D eigenvalue weighted by atomic mass is 10.2. The highest BCUT2D eigenvalue weighted by atomic mass is 16.1. The summed E-state index contributed by atoms with van der Waals surface area (Å²) in [5.41, 5.74) is 5.32. The molecule has 2 aromatic heterocycles. The number of benzene rings is 1. The number of anilines is 1. The molecule has 0 aliphatic rings. The zero-order chi connectivity index (χ0) is 14.8. The maximum Gasteiger partial charge on any atom is 0.252 e. The molecular formula is C15H15N5O. The lowest BCUT2D eigenvalue weighted by molar-refractivity contribution is 0.968. The van der Waals surface area contributed by atoms with Crippen LogP contribution in [0.15, 0.2) is 46.4 Å². The van der Waals surface area contributed by atoms with E-state index >= 15 is 0 Å². The molecule has 6 heteroatoms. The number of aromatic nitrogens is 3. The van der Waals surface area contributed by atoms with Crippen LogP contribution < -0.4 is 11.0 Å². The first kappa shape index (κ1) is 13.1. The predicted octanol–water partition coefficient (Wildman–Crippen LogP) is 2.02. The van der Waals surface area contributed by atoms with E-state index in [0.717, 1.165) is 16.5 Å². The third kappa shape index (κ3) is 2.69. The van der Waals surface area contributed by atoms with Crippen molar-refractivity contribution in [3.05, 3.63) is 58.1 Å². The second-order valence-electron chi connectivity index (χ2n) is 4.82. The predicted molar refractivity (Wildman–Crippen MR) is 83.7 cm³/mol. The third-order valence-electron chi connectivity index (χ3n) is 3.17. The van der Waals surface area contributed by atoms with Crippen molar-refractivity contribution in [1.82, 2.24) is 14.5 Å². The van der Waals surface area contributed by atoms with Gasteiger partial charge in [0.1, 0.15) is 0 Å². The lowest BCUT2D eigenvalue weighted by Crippen LogP contribution is -2.10. The number of fused-ring (bicyclic) bond motifs is 1. The number of hydrogen-bond acceptors (Lipinski definition) is 4. The molecule has 0 spiro atoms. The van der Waals surface area contributed by atoms with Crippen LogP contribution in [0.2, 0.25) is 0 Å². The van der Waals surface area contributed by atoms with Crippen LogP contribution in [0.25, 0.3) is 10.9 Å². The van der Waals surface area contributed by atoms with Crippen LogP contribution in [0, 0.1) is 6.92 Å². The Kier molecular flexibility index (Phi) is 3.27. The quantitative estimate of drug-likeness (QED) is 0.569. The minimum Gasteiger partial charge on any atom is -0.350 e. The Labute approximate surface area is 121 Å². The molecule has 2 heterocycles. The van der Waals surface area contributed by atoms with Gasteiger partial charge in [-0.05, 0) is 13.0 Å². The maximum absolute atomic E-state index is 11.3. The van der Waals surface area contributed by atoms with Crippen molar-refractivity contribution in [3.8, 4) is 0 Å². The highest BCUT2D eigenvalue weighted by molar-refractivity contribution is 5.99. The molecular weight excluding hydrogens is 266 g/mol. The fourth-order valence-electron chi connectivity index (χ4n) is 2.27. The minimum atomic E-state index is -0.203. The maximum atomic E-state index is 11.3. The van der Waals surface area contributed by atoms with E-state index in [1.54, 1.807) is 13.1 Å². The van der Waals surface area contributed by atoms with E-state index in [1.807, 2.05) is 36.0 Å². The van der Waals surface area contributed by atoms with Gasteiger partial charge >= 0.3 is 0 Å². The number of aryl methyl sites for hydroxylation is 2. The first-order valence-corrected chi connectivity index (χ1v) is 6.54. The molecule has 2 N–H and O–H groups in total. The average Bonchev–Trinajstić information content (AvgIpc) is 2.75. The van der Waals surface area contributed by atoms with Gasteiger partial charge in [-0.3, -0.25) is 9.78 Å². The van der Waals surface area contributed by atoms with E-state index in [9.17, 15) is 4.79 Å². The second-order valence-corrected chi connectivity index (χ2v) is 4.82. The number of hydrogen-bond donors (Lipinski definition) is 2. The fourth-order valence-corrected chi connectivity index (χ4v) is 2.27. The van der Waals surface area contributed by atoms with E-state index in [-0.39, 0.29) is 5.56 Å². The summed E-state index contributed by atoms with van der Waals surface area (Å²) < 4.78 is 2.05. The number of H-pyrrole nitrogens is 1. The third-order valence-corrected chi connectivity index (χ3v) is 3.17. The van der Waals surface area contributed by atoms with Crippen molar-refractivity contribution in [2.45, 2.75) is 6.92 Å². The summed E-state index contributed by atoms with van der Waals surface area (Å²) in [4.78, 5) is 18.1. The Hall–Kier alpha value is -2.89. The van der Waals surface area contributed by atoms with E-state index in [4.69, 9.17) is 0 Å². The highest BCUT2D eigenvalue weighted by Gasteiger charge is 2.03. The summed E-state index contributed by atoms with van der Waals surface area (Å²) in [5, 5.41) is 5.26. The van der Waals surface area contributed by atoms with Gasteiger partial charge in [0.15, 0.2) is 0 Å². The Morgan fingerprint density at radius 1 is 1.38 bits per heavy atom. The van der Waals surface area contributed by atoms with Gasteiger partial charge in [-0.1, -0.05) is 18.2 Å². The average molecular weight is 281 g/mol. The summed E-state index contributed by atoms with van der Waals surface area (Å²) in [7, 11) is 1.99. The van der Waals surface area contributed by atoms with Gasteiger partial charge in [0, 0.05) is 41.5 Å². The summed E-state index contributed by atoms with van der Waals surface area (Å²) in [5.74, 6) is 0.330. The molecule has 0 aliphatic heterocycles. The number of rotatable bonds is 3. The van der Waals surface area contributed by atoms with Crippen LogP contribution >= 0.6 is 0 Å². The van der Waals surface area contributed by atoms with Crippen molar-refractivity contribution in [2.75, 3.05) is 5.43 Å². The Morgan fingerprint density at radius 3 is 3.00 bits per heavy atom. The molecule has 0 amide bonds. The van der Waals surface area contributed by atoms with Crippen LogP contribution in [0.3, 0.4) is 0 Å². The first-order valence-electron chi connectivity index (χ1n) is 6.54. The Balaban J connectivity index is 1.86. The molecule has 6 nitrogen and oxygen atoms in total. The molecule has 3 aromatic rings. The molecule has 0 radical (unpaired) electrons. The van der Waals surface area contributed by atoms with E-state index in [1.165, 1.54) is 6.07 Å². The smallest absolute Gasteiger partial charge is 0.252 e. The van der Waals surface area contributed by atoms with E-state index in [0.29, 0.717) is 11.6 Å². The number of nitrogens with zero attached hydrogens (tertiary/aromatic N) is 3. The van der Waals surface area contributed by atoms with Crippen LogP contribution in [-0.4, -0.2) is 20.7 Å². The van der Waals surface area contributed by atoms with Gasteiger partial charge < -0.3 is 4.57 Å². The van der Waals surface area contributed by atoms with Gasteiger partial charge in [-0.2, -0.15) is 5.10 Å². The van der Waals surface area contributed by atoms with Crippen LogP contribution in [0.1, 0.15) is 11.3 Å². The topological polar surface area (TPSA) is 75.1 Å². The molecule has 0 aliphatic carbocycles. The van der Waals surface area contributed by atoms with E-state index in [2.05, 4.69) is 26.6 Å². The number of para-hydroxylation sites is 1. The Morgan fingerprint density at radius 2 is 2.19 bits per heavy atom. The molecule has 21 heavy (non-hydrogen) atoms. The zero-order valence-corrected chi connectivity index (χ0v) is 11.8. The monoisotopic (exact) mass is 281 g/mol. The second kappa shape index (κ2) is 5.24. The van der Waals surface area contributed by atoms with Gasteiger partial charge in [0.2, 0.25) is 5.95 Å². The number of hydrazone groups is 1. The lowest BCUT2D eigenvalue weighted by Gasteiger charge is -1.99. The van der Waals surface area contributed by atoms with Crippen molar-refractivity contribution in [1.29, 1.82) is 0 Å². The normalized spacial score (nSPS) is 11.3. The largest absolute Gasteiger partial charge is 0.350 e. The van der Waals surface area contributed by atoms with Crippen molar-refractivity contribution in [2.24, 2.45) is 12.1 Å². The van der Waals surface area contributed by atoms with Gasteiger partial charge in [-0.15, -0.1) is 0 Å². The van der Waals surface area contributed by atoms with Gasteiger partial charge in [0.25, 0.3) is 5.56 Å². The van der Waals surface area contributed by atoms with E-state index < -0.39 is 0 Å². The molecule has 106 valence electrons. The molecule has 0 saturated carbocycles. The van der Waals surface area contributed by atoms with Crippen molar-refractivity contribution in [3.63, 3.8) is 0 Å². The minimum absolute atomic E-state index is 0.203. The van der Waals surface area contributed by atoms with Crippen LogP contribution in [0.4, 0.5) is 5.95 Å². The molecule has 0 atom stereocenters. The molecule has 0 bridgehead atoms. The van der Waals surface area contributed by atoms with Crippen LogP contribution in [-0.2, 0) is 7.05 Å². The summed E-state index contributed by atoms with van der Waals surface area (Å²) in [6.07, 6.45) is 3.72. The highest BCUT2D eigenvalue weighted by Crippen LogP contribution is 2.18. The van der Waals surface area contributed by atoms with Crippen LogP contribution in [0.5, 0.6) is 0 Å². The van der Waals surface area contributed by atoms with Gasteiger partial charge in [0.05, 0.1) is 6.21 Å². The summed E-state index contributed by atoms with van der Waals surface area (Å²) in [6, 6.07) is 9.53. The first-order chi connectivity index (χ1) is 10.1. The van der Waals surface area contributed by atoms with Crippen molar-refractivity contribution >= 4 is 23.1 Å². The number of aromatic amines is 1. The fraction of sp³-hybridized carbons (Fsp3) is 0.133. The summed E-state index contributed by atoms with van der Waals surface area (Å²) in [6.45, 7) is 1.76. The van der Waals surface area contributed by atoms with Gasteiger partial charge in [-0.25, -0.2) is 10.4 Å². The Bertz CT molecular complexity index is 875. The molecule has 0 unspecified atom stereocenters. The van der Waals surface area contributed by atoms with Crippen molar-refractivity contribution < 1.29 is 0 Å². The SMILES string of the molecule is Cc1cc(=O)[nH]c(N/N=C/c2cn(C)c3ccccc23)n1. The standard InChI is InChI=1S/C15H15N5O/c1-10-7-14(21)18-15(17-10)19-16-8-11-9-20(2)13-6-4-3-5-12(11)13/h3-9H,1-2H3,(H2,17,18,19,21)/b16-8+. The molecule has 0 fully saturated rings. The number of nitrogens with one attached hydrogen (secondary N) is 2.